The van der Waals surface area contributed by atoms with Crippen LogP contribution in [-0.2, 0) is 6.54 Å². The Balaban J connectivity index is 1.51. The van der Waals surface area contributed by atoms with E-state index in [4.69, 9.17) is 16.6 Å². The van der Waals surface area contributed by atoms with Gasteiger partial charge in [0.2, 0.25) is 0 Å². The molecular weight excluding hydrogens is 460 g/mol. The summed E-state index contributed by atoms with van der Waals surface area (Å²) in [6, 6.07) is 18.1. The van der Waals surface area contributed by atoms with Crippen LogP contribution < -0.4 is 5.56 Å². The van der Waals surface area contributed by atoms with Gasteiger partial charge in [0.1, 0.15) is 5.65 Å². The molecule has 0 spiro atoms. The van der Waals surface area contributed by atoms with Gasteiger partial charge in [-0.25, -0.2) is 4.98 Å². The SMILES string of the molecule is CN1CCN(Cc2cc3cc(-c4cc(Cl)c5[nH]ncc5c4)c(-c4ccccc4)nc3[nH]c2=O)CC1. The van der Waals surface area contributed by atoms with E-state index in [9.17, 15) is 4.79 Å². The number of piperazine rings is 1. The van der Waals surface area contributed by atoms with Crippen molar-refractivity contribution in [3.63, 3.8) is 0 Å². The highest BCUT2D eigenvalue weighted by Gasteiger charge is 2.18. The van der Waals surface area contributed by atoms with Gasteiger partial charge in [-0.05, 0) is 36.9 Å². The third kappa shape index (κ3) is 4.23. The van der Waals surface area contributed by atoms with Crippen molar-refractivity contribution in [2.75, 3.05) is 33.2 Å². The Morgan fingerprint density at radius 2 is 1.77 bits per heavy atom. The molecule has 0 aliphatic carbocycles. The molecule has 176 valence electrons. The zero-order valence-corrected chi connectivity index (χ0v) is 20.1. The van der Waals surface area contributed by atoms with Gasteiger partial charge in [-0.1, -0.05) is 41.9 Å². The summed E-state index contributed by atoms with van der Waals surface area (Å²) >= 11 is 6.59. The molecule has 0 saturated carbocycles. The molecule has 6 rings (SSSR count). The van der Waals surface area contributed by atoms with E-state index < -0.39 is 0 Å². The third-order valence-electron chi connectivity index (χ3n) is 6.75. The van der Waals surface area contributed by atoms with Crippen molar-refractivity contribution in [2.24, 2.45) is 0 Å². The number of hydrogen-bond acceptors (Lipinski definition) is 5. The van der Waals surface area contributed by atoms with Crippen LogP contribution in [0.4, 0.5) is 0 Å². The molecule has 0 amide bonds. The lowest BCUT2D eigenvalue weighted by atomic mass is 9.97. The molecule has 35 heavy (non-hydrogen) atoms. The van der Waals surface area contributed by atoms with Gasteiger partial charge in [-0.2, -0.15) is 5.10 Å². The summed E-state index contributed by atoms with van der Waals surface area (Å²) < 4.78 is 0. The number of aromatic amines is 2. The van der Waals surface area contributed by atoms with Gasteiger partial charge in [-0.3, -0.25) is 14.8 Å². The molecule has 8 heteroatoms. The average Bonchev–Trinajstić information content (AvgIpc) is 3.35. The van der Waals surface area contributed by atoms with Gasteiger partial charge in [-0.15, -0.1) is 0 Å². The minimum absolute atomic E-state index is 0.0847. The number of rotatable bonds is 4. The van der Waals surface area contributed by atoms with Gasteiger partial charge in [0.25, 0.3) is 5.56 Å². The van der Waals surface area contributed by atoms with E-state index in [1.165, 1.54) is 0 Å². The van der Waals surface area contributed by atoms with Crippen LogP contribution in [0.15, 0.2) is 65.6 Å². The molecule has 3 aromatic heterocycles. The lowest BCUT2D eigenvalue weighted by Gasteiger charge is -2.32. The molecule has 1 saturated heterocycles. The maximum absolute atomic E-state index is 13.0. The second-order valence-electron chi connectivity index (χ2n) is 9.18. The van der Waals surface area contributed by atoms with Gasteiger partial charge in [0.05, 0.1) is 22.4 Å². The fourth-order valence-electron chi connectivity index (χ4n) is 4.75. The van der Waals surface area contributed by atoms with Gasteiger partial charge in [0.15, 0.2) is 0 Å². The largest absolute Gasteiger partial charge is 0.306 e. The van der Waals surface area contributed by atoms with E-state index >= 15 is 0 Å². The molecule has 2 aromatic carbocycles. The average molecular weight is 485 g/mol. The quantitative estimate of drug-likeness (QED) is 0.391. The van der Waals surface area contributed by atoms with Crippen molar-refractivity contribution in [3.8, 4) is 22.4 Å². The Bertz CT molecular complexity index is 1580. The number of likely N-dealkylation sites (N-methyl/N-ethyl adjacent to an activating group) is 1. The Morgan fingerprint density at radius 3 is 2.57 bits per heavy atom. The lowest BCUT2D eigenvalue weighted by molar-refractivity contribution is 0.148. The smallest absolute Gasteiger partial charge is 0.254 e. The summed E-state index contributed by atoms with van der Waals surface area (Å²) in [4.78, 5) is 25.6. The van der Waals surface area contributed by atoms with Crippen molar-refractivity contribution in [3.05, 3.63) is 81.7 Å². The molecule has 1 aliphatic heterocycles. The maximum atomic E-state index is 13.0. The highest BCUT2D eigenvalue weighted by atomic mass is 35.5. The van der Waals surface area contributed by atoms with Gasteiger partial charge >= 0.3 is 0 Å². The van der Waals surface area contributed by atoms with Gasteiger partial charge in [0, 0.05) is 60.2 Å². The molecule has 5 aromatic rings. The van der Waals surface area contributed by atoms with Crippen molar-refractivity contribution < 1.29 is 0 Å². The van der Waals surface area contributed by atoms with Crippen molar-refractivity contribution >= 4 is 33.5 Å². The summed E-state index contributed by atoms with van der Waals surface area (Å²) in [5, 5.41) is 9.52. The monoisotopic (exact) mass is 484 g/mol. The summed E-state index contributed by atoms with van der Waals surface area (Å²) in [6.45, 7) is 4.55. The second-order valence-corrected chi connectivity index (χ2v) is 9.59. The molecule has 1 fully saturated rings. The van der Waals surface area contributed by atoms with E-state index in [0.717, 1.165) is 70.4 Å². The molecule has 7 nitrogen and oxygen atoms in total. The van der Waals surface area contributed by atoms with E-state index in [-0.39, 0.29) is 5.56 Å². The normalized spacial score (nSPS) is 15.3. The number of halogens is 1. The van der Waals surface area contributed by atoms with Crippen LogP contribution in [0, 0.1) is 0 Å². The summed E-state index contributed by atoms with van der Waals surface area (Å²) in [7, 11) is 2.13. The molecule has 4 heterocycles. The molecule has 0 radical (unpaired) electrons. The number of pyridine rings is 2. The predicted molar refractivity (Wildman–Crippen MR) is 141 cm³/mol. The fraction of sp³-hybridized carbons (Fsp3) is 0.222. The summed E-state index contributed by atoms with van der Waals surface area (Å²) in [6.07, 6.45) is 1.77. The predicted octanol–water partition coefficient (Wildman–Crippen LogP) is 4.53. The Morgan fingerprint density at radius 1 is 0.971 bits per heavy atom. The van der Waals surface area contributed by atoms with Crippen LogP contribution in [0.3, 0.4) is 0 Å². The first-order chi connectivity index (χ1) is 17.0. The zero-order valence-electron chi connectivity index (χ0n) is 19.4. The molecule has 0 atom stereocenters. The summed E-state index contributed by atoms with van der Waals surface area (Å²) in [5.74, 6) is 0. The first-order valence-electron chi connectivity index (χ1n) is 11.7. The highest BCUT2D eigenvalue weighted by Crippen LogP contribution is 2.36. The van der Waals surface area contributed by atoms with Crippen LogP contribution in [0.1, 0.15) is 5.56 Å². The van der Waals surface area contributed by atoms with Crippen molar-refractivity contribution in [1.82, 2.24) is 30.0 Å². The molecule has 2 N–H and O–H groups in total. The van der Waals surface area contributed by atoms with Crippen LogP contribution in [0.2, 0.25) is 5.02 Å². The van der Waals surface area contributed by atoms with E-state index in [1.807, 2.05) is 42.5 Å². The minimum atomic E-state index is -0.0847. The van der Waals surface area contributed by atoms with Crippen LogP contribution in [0.25, 0.3) is 44.3 Å². The molecule has 0 unspecified atom stereocenters. The Kier molecular flexibility index (Phi) is 5.60. The van der Waals surface area contributed by atoms with Crippen LogP contribution in [-0.4, -0.2) is 63.2 Å². The number of nitrogens with zero attached hydrogens (tertiary/aromatic N) is 4. The standard InChI is InChI=1S/C27H25ClN6O/c1-33-7-9-34(10-8-33)16-21-12-19-13-22(18-11-20-15-29-32-25(20)23(28)14-18)24(17-5-3-2-4-6-17)30-26(19)31-27(21)35/h2-6,11-15H,7-10,16H2,1H3,(H,29,32)(H,30,31,35). The van der Waals surface area contributed by atoms with E-state index in [2.05, 4.69) is 44.2 Å². The number of nitrogens with one attached hydrogen (secondary N) is 2. The number of fused-ring (bicyclic) bond motifs is 2. The minimum Gasteiger partial charge on any atom is -0.306 e. The lowest BCUT2D eigenvalue weighted by Crippen LogP contribution is -2.44. The molecule has 0 bridgehead atoms. The fourth-order valence-corrected chi connectivity index (χ4v) is 5.02. The van der Waals surface area contributed by atoms with Crippen molar-refractivity contribution in [2.45, 2.75) is 6.54 Å². The first-order valence-corrected chi connectivity index (χ1v) is 12.1. The molecule has 1 aliphatic rings. The highest BCUT2D eigenvalue weighted by molar-refractivity contribution is 6.35. The maximum Gasteiger partial charge on any atom is 0.254 e. The van der Waals surface area contributed by atoms with Crippen LogP contribution >= 0.6 is 11.6 Å². The Labute approximate surface area is 207 Å². The van der Waals surface area contributed by atoms with Crippen LogP contribution in [0.5, 0.6) is 0 Å². The Hall–Kier alpha value is -3.52. The van der Waals surface area contributed by atoms with E-state index in [1.54, 1.807) is 6.20 Å². The number of benzene rings is 2. The number of aromatic nitrogens is 4. The number of hydrogen-bond donors (Lipinski definition) is 2. The zero-order chi connectivity index (χ0) is 23.9. The molecular formula is C27H25ClN6O. The summed E-state index contributed by atoms with van der Waals surface area (Å²) in [5.41, 5.74) is 5.72. The number of H-pyrrole nitrogens is 2. The topological polar surface area (TPSA) is 80.9 Å². The first kappa shape index (κ1) is 22.0. The van der Waals surface area contributed by atoms with E-state index in [0.29, 0.717) is 17.2 Å². The van der Waals surface area contributed by atoms with Crippen molar-refractivity contribution in [1.29, 1.82) is 0 Å². The second kappa shape index (κ2) is 8.92. The van der Waals surface area contributed by atoms with Gasteiger partial charge < -0.3 is 9.88 Å². The third-order valence-corrected chi connectivity index (χ3v) is 7.05.